The minimum Gasteiger partial charge on any atom is -0.394 e. The summed E-state index contributed by atoms with van der Waals surface area (Å²) in [6.07, 6.45) is -0.775. The summed E-state index contributed by atoms with van der Waals surface area (Å²) in [4.78, 5) is 17.3. The van der Waals surface area contributed by atoms with Crippen LogP contribution in [-0.4, -0.2) is 47.5 Å². The van der Waals surface area contributed by atoms with Crippen LogP contribution in [0.4, 0.5) is 13.2 Å². The molecule has 4 rings (SSSR count). The molecule has 0 aliphatic heterocycles. The first-order valence-electron chi connectivity index (χ1n) is 13.3. The molecule has 1 aliphatic rings. The predicted octanol–water partition coefficient (Wildman–Crippen LogP) is 5.22. The average Bonchev–Trinajstić information content (AvgIpc) is 3.27. The number of rotatable bonds is 9. The zero-order chi connectivity index (χ0) is 28.4. The number of aromatic nitrogens is 2. The molecule has 212 valence electrons. The largest absolute Gasteiger partial charge is 0.394 e. The molecule has 39 heavy (non-hydrogen) atoms. The molecule has 0 unspecified atom stereocenters. The Morgan fingerprint density at radius 3 is 2.41 bits per heavy atom. The number of aliphatic hydroxyl groups excluding tert-OH is 1. The van der Waals surface area contributed by atoms with Crippen LogP contribution in [0.15, 0.2) is 47.5 Å². The minimum atomic E-state index is -4.12. The lowest BCUT2D eigenvalue weighted by atomic mass is 9.79. The van der Waals surface area contributed by atoms with Gasteiger partial charge in [0.2, 0.25) is 0 Å². The van der Waals surface area contributed by atoms with Gasteiger partial charge in [0.15, 0.2) is 9.84 Å². The zero-order valence-electron chi connectivity index (χ0n) is 22.0. The number of nitrogens with one attached hydrogen (secondary N) is 1. The van der Waals surface area contributed by atoms with Gasteiger partial charge in [0.05, 0.1) is 34.9 Å². The average molecular weight is 566 g/mol. The van der Waals surface area contributed by atoms with Crippen molar-refractivity contribution in [1.82, 2.24) is 14.9 Å². The van der Waals surface area contributed by atoms with E-state index >= 15 is 0 Å². The maximum Gasteiger partial charge on any atom is 0.391 e. The monoisotopic (exact) mass is 565 g/mol. The van der Waals surface area contributed by atoms with Gasteiger partial charge in [0, 0.05) is 34.9 Å². The van der Waals surface area contributed by atoms with Crippen molar-refractivity contribution in [1.29, 1.82) is 0 Å². The summed E-state index contributed by atoms with van der Waals surface area (Å²) < 4.78 is 65.3. The molecule has 1 aliphatic carbocycles. The van der Waals surface area contributed by atoms with E-state index in [-0.39, 0.29) is 29.4 Å². The van der Waals surface area contributed by atoms with E-state index < -0.39 is 40.5 Å². The molecule has 0 radical (unpaired) electrons. The van der Waals surface area contributed by atoms with Gasteiger partial charge in [-0.2, -0.15) is 13.2 Å². The standard InChI is InChI=1S/C28H34F3N3O4S/c1-3-34-22(13-18-5-8-21(9-6-18)28(29,30)31)15-20-14-19(7-12-26(20)34)27(36)33-25(17-35)24-11-10-23(16-32-24)39(37,38)4-2/h7,10-12,14-16,18,21,25,35H,3-6,8-9,13,17H2,1-2H3,(H,33,36)/t18-,21+,25-/m0/s1. The molecule has 2 N–H and O–H groups in total. The number of aliphatic hydroxyl groups is 1. The van der Waals surface area contributed by atoms with Crippen LogP contribution >= 0.6 is 0 Å². The molecule has 1 aromatic carbocycles. The highest BCUT2D eigenvalue weighted by atomic mass is 32.2. The van der Waals surface area contributed by atoms with E-state index in [4.69, 9.17) is 0 Å². The number of sulfone groups is 1. The van der Waals surface area contributed by atoms with Gasteiger partial charge in [-0.25, -0.2) is 8.42 Å². The van der Waals surface area contributed by atoms with E-state index in [1.807, 2.05) is 19.1 Å². The van der Waals surface area contributed by atoms with Gasteiger partial charge in [0.25, 0.3) is 5.91 Å². The van der Waals surface area contributed by atoms with Crippen molar-refractivity contribution in [3.8, 4) is 0 Å². The number of hydrogen-bond donors (Lipinski definition) is 2. The number of hydrogen-bond acceptors (Lipinski definition) is 5. The normalized spacial score (nSPS) is 19.2. The second-order valence-corrected chi connectivity index (χ2v) is 12.4. The second-order valence-electron chi connectivity index (χ2n) is 10.1. The zero-order valence-corrected chi connectivity index (χ0v) is 22.9. The maximum atomic E-state index is 13.1. The van der Waals surface area contributed by atoms with E-state index in [0.29, 0.717) is 37.1 Å². The highest BCUT2D eigenvalue weighted by Gasteiger charge is 2.41. The van der Waals surface area contributed by atoms with E-state index in [0.717, 1.165) is 16.6 Å². The Balaban J connectivity index is 1.48. The summed E-state index contributed by atoms with van der Waals surface area (Å²) in [5, 5.41) is 13.5. The Hall–Kier alpha value is -2.92. The van der Waals surface area contributed by atoms with Crippen molar-refractivity contribution >= 4 is 26.6 Å². The molecule has 7 nitrogen and oxygen atoms in total. The third-order valence-electron chi connectivity index (χ3n) is 7.72. The smallest absolute Gasteiger partial charge is 0.391 e. The van der Waals surface area contributed by atoms with Gasteiger partial charge in [-0.05, 0) is 81.3 Å². The molecule has 3 aromatic rings. The summed E-state index contributed by atoms with van der Waals surface area (Å²) in [6, 6.07) is 9.38. The topological polar surface area (TPSA) is 101 Å². The van der Waals surface area contributed by atoms with Crippen molar-refractivity contribution in [3.05, 3.63) is 59.5 Å². The molecule has 1 saturated carbocycles. The molecule has 0 bridgehead atoms. The summed E-state index contributed by atoms with van der Waals surface area (Å²) >= 11 is 0. The molecule has 11 heteroatoms. The van der Waals surface area contributed by atoms with Crippen LogP contribution in [0.2, 0.25) is 0 Å². The van der Waals surface area contributed by atoms with Gasteiger partial charge in [-0.3, -0.25) is 9.78 Å². The molecule has 0 saturated heterocycles. The van der Waals surface area contributed by atoms with Crippen LogP contribution in [-0.2, 0) is 22.8 Å². The second kappa shape index (κ2) is 11.7. The Kier molecular flexibility index (Phi) is 8.70. The molecule has 1 fully saturated rings. The van der Waals surface area contributed by atoms with E-state index in [1.165, 1.54) is 25.3 Å². The van der Waals surface area contributed by atoms with Crippen molar-refractivity contribution < 1.29 is 31.5 Å². The summed E-state index contributed by atoms with van der Waals surface area (Å²) in [5.74, 6) is -1.49. The van der Waals surface area contributed by atoms with E-state index in [2.05, 4.69) is 14.9 Å². The first kappa shape index (κ1) is 29.1. The van der Waals surface area contributed by atoms with Crippen molar-refractivity contribution in [3.63, 3.8) is 0 Å². The SMILES string of the molecule is CCn1c(C[C@H]2CC[C@@H](C(F)(F)F)CC2)cc2cc(C(=O)N[C@@H](CO)c3ccc(S(=O)(=O)CC)cn3)ccc21. The van der Waals surface area contributed by atoms with Gasteiger partial charge in [-0.15, -0.1) is 0 Å². The predicted molar refractivity (Wildman–Crippen MR) is 142 cm³/mol. The van der Waals surface area contributed by atoms with Crippen LogP contribution in [0.5, 0.6) is 0 Å². The highest BCUT2D eigenvalue weighted by molar-refractivity contribution is 7.91. The molecular formula is C28H34F3N3O4S. The van der Waals surface area contributed by atoms with Crippen molar-refractivity contribution in [2.45, 2.75) is 69.6 Å². The van der Waals surface area contributed by atoms with Crippen LogP contribution in [0.25, 0.3) is 10.9 Å². The molecular weight excluding hydrogens is 531 g/mol. The Morgan fingerprint density at radius 1 is 1.13 bits per heavy atom. The number of carbonyl (C=O) groups is 1. The van der Waals surface area contributed by atoms with E-state index in [1.54, 1.807) is 12.1 Å². The lowest BCUT2D eigenvalue weighted by molar-refractivity contribution is -0.183. The number of pyridine rings is 1. The number of alkyl halides is 3. The fourth-order valence-electron chi connectivity index (χ4n) is 5.40. The fourth-order valence-corrected chi connectivity index (χ4v) is 6.23. The Morgan fingerprint density at radius 2 is 1.85 bits per heavy atom. The number of aryl methyl sites for hydroxylation is 1. The first-order valence-corrected chi connectivity index (χ1v) is 14.9. The number of halogens is 3. The summed E-state index contributed by atoms with van der Waals surface area (Å²) in [6.45, 7) is 3.83. The van der Waals surface area contributed by atoms with Gasteiger partial charge >= 0.3 is 6.18 Å². The van der Waals surface area contributed by atoms with E-state index in [9.17, 15) is 31.5 Å². The Bertz CT molecular complexity index is 1410. The van der Waals surface area contributed by atoms with Crippen LogP contribution in [0.3, 0.4) is 0 Å². The molecule has 2 aromatic heterocycles. The van der Waals surface area contributed by atoms with Gasteiger partial charge in [-0.1, -0.05) is 6.92 Å². The molecule has 2 heterocycles. The maximum absolute atomic E-state index is 13.1. The van der Waals surface area contributed by atoms with Crippen LogP contribution in [0, 0.1) is 11.8 Å². The van der Waals surface area contributed by atoms with Gasteiger partial charge in [0.1, 0.15) is 0 Å². The third kappa shape index (κ3) is 6.46. The quantitative estimate of drug-likeness (QED) is 0.370. The number of fused-ring (bicyclic) bond motifs is 1. The highest BCUT2D eigenvalue weighted by Crippen LogP contribution is 2.40. The lowest BCUT2D eigenvalue weighted by Crippen LogP contribution is -2.31. The van der Waals surface area contributed by atoms with Gasteiger partial charge < -0.3 is 15.0 Å². The third-order valence-corrected chi connectivity index (χ3v) is 9.44. The number of nitrogens with zero attached hydrogens (tertiary/aromatic N) is 2. The fraction of sp³-hybridized carbons (Fsp3) is 0.500. The van der Waals surface area contributed by atoms with Crippen molar-refractivity contribution in [2.24, 2.45) is 11.8 Å². The van der Waals surface area contributed by atoms with Crippen molar-refractivity contribution in [2.75, 3.05) is 12.4 Å². The lowest BCUT2D eigenvalue weighted by Gasteiger charge is -2.30. The summed E-state index contributed by atoms with van der Waals surface area (Å²) in [5.41, 5.74) is 2.71. The first-order chi connectivity index (χ1) is 18.5. The van der Waals surface area contributed by atoms with Crippen LogP contribution in [0.1, 0.15) is 67.3 Å². The molecule has 0 spiro atoms. The molecule has 1 atom stereocenters. The van der Waals surface area contributed by atoms with Crippen LogP contribution < -0.4 is 5.32 Å². The summed E-state index contributed by atoms with van der Waals surface area (Å²) in [7, 11) is -3.42. The number of benzene rings is 1. The number of carbonyl (C=O) groups excluding carboxylic acids is 1. The molecule has 1 amide bonds. The minimum absolute atomic E-state index is 0.0582. The number of amides is 1. The Labute approximate surface area is 226 Å².